The number of carbonyl (C=O) groups is 2. The van der Waals surface area contributed by atoms with E-state index in [2.05, 4.69) is 10.5 Å². The van der Waals surface area contributed by atoms with Gasteiger partial charge in [-0.2, -0.15) is 0 Å². The lowest BCUT2D eigenvalue weighted by Gasteiger charge is -2.07. The average Bonchev–Trinajstić information content (AvgIpc) is 2.87. The summed E-state index contributed by atoms with van der Waals surface area (Å²) >= 11 is 0. The molecule has 1 atom stereocenters. The van der Waals surface area contributed by atoms with Crippen molar-refractivity contribution in [3.63, 3.8) is 0 Å². The first-order chi connectivity index (χ1) is 9.95. The summed E-state index contributed by atoms with van der Waals surface area (Å²) in [6.07, 6.45) is 0.450. The number of aliphatic carboxylic acids is 1. The molecule has 0 fully saturated rings. The first-order valence-electron chi connectivity index (χ1n) is 6.52. The molecule has 0 bridgehead atoms. The Morgan fingerprint density at radius 1 is 1.33 bits per heavy atom. The number of carboxylic acid groups (broad SMARTS) is 1. The monoisotopic (exact) mass is 288 g/mol. The molecule has 0 aliphatic carbocycles. The van der Waals surface area contributed by atoms with Crippen LogP contribution in [0.15, 0.2) is 34.9 Å². The Morgan fingerprint density at radius 3 is 2.52 bits per heavy atom. The molecule has 110 valence electrons. The Hall–Kier alpha value is -2.63. The smallest absolute Gasteiger partial charge is 0.306 e. The molecule has 1 aromatic heterocycles. The fourth-order valence-corrected chi connectivity index (χ4v) is 1.83. The van der Waals surface area contributed by atoms with Crippen LogP contribution in [0, 0.1) is 12.8 Å². The first-order valence-corrected chi connectivity index (χ1v) is 6.52. The van der Waals surface area contributed by atoms with Crippen molar-refractivity contribution < 1.29 is 19.2 Å². The number of carbonyl (C=O) groups excluding carboxylic acids is 1. The summed E-state index contributed by atoms with van der Waals surface area (Å²) in [5.74, 6) is -1.05. The minimum absolute atomic E-state index is 0.219. The molecule has 0 saturated heterocycles. The SMILES string of the molecule is Cc1cc(C(=O)Nc2ccc(CC(C)C(=O)O)cc2)no1. The van der Waals surface area contributed by atoms with Crippen molar-refractivity contribution in [1.29, 1.82) is 0 Å². The quantitative estimate of drug-likeness (QED) is 0.881. The summed E-state index contributed by atoms with van der Waals surface area (Å²) in [5, 5.41) is 15.2. The van der Waals surface area contributed by atoms with Crippen LogP contribution in [0.5, 0.6) is 0 Å². The normalized spacial score (nSPS) is 11.9. The van der Waals surface area contributed by atoms with Gasteiger partial charge < -0.3 is 14.9 Å². The zero-order valence-corrected chi connectivity index (χ0v) is 11.8. The minimum atomic E-state index is -0.825. The molecule has 6 nitrogen and oxygen atoms in total. The van der Waals surface area contributed by atoms with Gasteiger partial charge in [-0.1, -0.05) is 24.2 Å². The highest BCUT2D eigenvalue weighted by Crippen LogP contribution is 2.14. The molecule has 1 heterocycles. The van der Waals surface area contributed by atoms with E-state index in [1.807, 2.05) is 0 Å². The van der Waals surface area contributed by atoms with E-state index < -0.39 is 11.9 Å². The predicted molar refractivity (Wildman–Crippen MR) is 76.1 cm³/mol. The molecule has 1 aromatic carbocycles. The third kappa shape index (κ3) is 3.92. The van der Waals surface area contributed by atoms with Gasteiger partial charge in [-0.25, -0.2) is 0 Å². The van der Waals surface area contributed by atoms with E-state index in [4.69, 9.17) is 9.63 Å². The lowest BCUT2D eigenvalue weighted by molar-refractivity contribution is -0.141. The van der Waals surface area contributed by atoms with Crippen LogP contribution < -0.4 is 5.32 Å². The number of rotatable bonds is 5. The van der Waals surface area contributed by atoms with E-state index in [9.17, 15) is 9.59 Å². The van der Waals surface area contributed by atoms with Crippen molar-refractivity contribution >= 4 is 17.6 Å². The van der Waals surface area contributed by atoms with Gasteiger partial charge >= 0.3 is 5.97 Å². The minimum Gasteiger partial charge on any atom is -0.481 e. The van der Waals surface area contributed by atoms with E-state index in [0.717, 1.165) is 5.56 Å². The molecule has 2 N–H and O–H groups in total. The fraction of sp³-hybridized carbons (Fsp3) is 0.267. The standard InChI is InChI=1S/C15H16N2O4/c1-9(15(19)20)7-11-3-5-12(6-4-11)16-14(18)13-8-10(2)21-17-13/h3-6,8-9H,7H2,1-2H3,(H,16,18)(H,19,20). The molecule has 6 heteroatoms. The van der Waals surface area contributed by atoms with Crippen molar-refractivity contribution in [2.75, 3.05) is 5.32 Å². The highest BCUT2D eigenvalue weighted by atomic mass is 16.5. The Kier molecular flexibility index (Phi) is 4.37. The van der Waals surface area contributed by atoms with Gasteiger partial charge in [-0.05, 0) is 31.0 Å². The topological polar surface area (TPSA) is 92.4 Å². The second kappa shape index (κ2) is 6.21. The van der Waals surface area contributed by atoms with Gasteiger partial charge in [0.25, 0.3) is 5.91 Å². The van der Waals surface area contributed by atoms with E-state index in [0.29, 0.717) is 17.9 Å². The van der Waals surface area contributed by atoms with Crippen molar-refractivity contribution in [3.05, 3.63) is 47.3 Å². The lowest BCUT2D eigenvalue weighted by atomic mass is 10.0. The molecule has 1 amide bonds. The maximum atomic E-state index is 11.9. The van der Waals surface area contributed by atoms with Gasteiger partial charge in [0, 0.05) is 11.8 Å². The van der Waals surface area contributed by atoms with E-state index >= 15 is 0 Å². The number of anilines is 1. The number of benzene rings is 1. The molecule has 0 aliphatic heterocycles. The molecule has 21 heavy (non-hydrogen) atoms. The largest absolute Gasteiger partial charge is 0.481 e. The van der Waals surface area contributed by atoms with Crippen LogP contribution in [0.3, 0.4) is 0 Å². The number of aromatic nitrogens is 1. The highest BCUT2D eigenvalue weighted by molar-refractivity contribution is 6.02. The molecular formula is C15H16N2O4. The molecule has 0 saturated carbocycles. The Bertz CT molecular complexity index is 646. The van der Waals surface area contributed by atoms with Crippen LogP contribution in [-0.2, 0) is 11.2 Å². The number of aryl methyl sites for hydroxylation is 1. The second-order valence-corrected chi connectivity index (χ2v) is 4.92. The zero-order chi connectivity index (χ0) is 15.4. The Morgan fingerprint density at radius 2 is 2.00 bits per heavy atom. The van der Waals surface area contributed by atoms with Gasteiger partial charge in [0.1, 0.15) is 5.76 Å². The van der Waals surface area contributed by atoms with Crippen LogP contribution in [-0.4, -0.2) is 22.1 Å². The average molecular weight is 288 g/mol. The van der Waals surface area contributed by atoms with Gasteiger partial charge in [0.15, 0.2) is 5.69 Å². The van der Waals surface area contributed by atoms with Crippen LogP contribution in [0.25, 0.3) is 0 Å². The van der Waals surface area contributed by atoms with Crippen LogP contribution in [0.4, 0.5) is 5.69 Å². The summed E-state index contributed by atoms with van der Waals surface area (Å²) in [6.45, 7) is 3.37. The third-order valence-corrected chi connectivity index (χ3v) is 3.04. The zero-order valence-electron chi connectivity index (χ0n) is 11.8. The summed E-state index contributed by atoms with van der Waals surface area (Å²) in [7, 11) is 0. The van der Waals surface area contributed by atoms with Gasteiger partial charge in [-0.3, -0.25) is 9.59 Å². The van der Waals surface area contributed by atoms with E-state index in [1.165, 1.54) is 0 Å². The predicted octanol–water partition coefficient (Wildman–Crippen LogP) is 2.50. The second-order valence-electron chi connectivity index (χ2n) is 4.92. The molecule has 1 unspecified atom stereocenters. The molecule has 0 spiro atoms. The van der Waals surface area contributed by atoms with Crippen LogP contribution in [0.1, 0.15) is 28.7 Å². The lowest BCUT2D eigenvalue weighted by Crippen LogP contribution is -2.13. The summed E-state index contributed by atoms with van der Waals surface area (Å²) < 4.78 is 4.84. The summed E-state index contributed by atoms with van der Waals surface area (Å²) in [6, 6.07) is 8.61. The van der Waals surface area contributed by atoms with Crippen LogP contribution in [0.2, 0.25) is 0 Å². The number of hydrogen-bond donors (Lipinski definition) is 2. The van der Waals surface area contributed by atoms with E-state index in [-0.39, 0.29) is 11.6 Å². The molecule has 0 radical (unpaired) electrons. The van der Waals surface area contributed by atoms with E-state index in [1.54, 1.807) is 44.2 Å². The van der Waals surface area contributed by atoms with Crippen LogP contribution >= 0.6 is 0 Å². The molecule has 2 rings (SSSR count). The van der Waals surface area contributed by atoms with Crippen molar-refractivity contribution in [1.82, 2.24) is 5.16 Å². The van der Waals surface area contributed by atoms with Gasteiger partial charge in [-0.15, -0.1) is 0 Å². The number of amides is 1. The maximum Gasteiger partial charge on any atom is 0.306 e. The summed E-state index contributed by atoms with van der Waals surface area (Å²) in [5.41, 5.74) is 1.74. The fourth-order valence-electron chi connectivity index (χ4n) is 1.83. The molecule has 0 aliphatic rings. The number of hydrogen-bond acceptors (Lipinski definition) is 4. The Labute approximate surface area is 121 Å². The maximum absolute atomic E-state index is 11.9. The number of carboxylic acids is 1. The summed E-state index contributed by atoms with van der Waals surface area (Å²) in [4.78, 5) is 22.7. The number of nitrogens with zero attached hydrogens (tertiary/aromatic N) is 1. The first kappa shape index (κ1) is 14.8. The van der Waals surface area contributed by atoms with Crippen molar-refractivity contribution in [2.24, 2.45) is 5.92 Å². The van der Waals surface area contributed by atoms with Crippen molar-refractivity contribution in [2.45, 2.75) is 20.3 Å². The van der Waals surface area contributed by atoms with Crippen molar-refractivity contribution in [3.8, 4) is 0 Å². The number of nitrogens with one attached hydrogen (secondary N) is 1. The third-order valence-electron chi connectivity index (χ3n) is 3.04. The Balaban J connectivity index is 1.99. The van der Waals surface area contributed by atoms with Gasteiger partial charge in [0.05, 0.1) is 5.92 Å². The van der Waals surface area contributed by atoms with Gasteiger partial charge in [0.2, 0.25) is 0 Å². The molecular weight excluding hydrogens is 272 g/mol. The highest BCUT2D eigenvalue weighted by Gasteiger charge is 2.13. The molecule has 2 aromatic rings.